The van der Waals surface area contributed by atoms with Crippen LogP contribution in [0.15, 0.2) is 41.0 Å². The molecular weight excluding hydrogens is 399 g/mol. The van der Waals surface area contributed by atoms with Gasteiger partial charge in [-0.05, 0) is 49.7 Å². The fourth-order valence-electron chi connectivity index (χ4n) is 2.52. The Balaban J connectivity index is 2.03. The number of anilines is 1. The first-order chi connectivity index (χ1) is 11.7. The molecule has 0 bridgehead atoms. The van der Waals surface area contributed by atoms with E-state index in [1.54, 1.807) is 25.1 Å². The normalized spacial score (nSPS) is 11.8. The van der Waals surface area contributed by atoms with Crippen molar-refractivity contribution >= 4 is 33.2 Å². The Bertz CT molecular complexity index is 979. The van der Waals surface area contributed by atoms with Crippen LogP contribution in [0.1, 0.15) is 27.3 Å². The molecule has 1 amide bonds. The molecule has 0 aliphatic heterocycles. The first kappa shape index (κ1) is 17.5. The summed E-state index contributed by atoms with van der Waals surface area (Å²) in [5.41, 5.74) is 1.33. The summed E-state index contributed by atoms with van der Waals surface area (Å²) in [5, 5.41) is 2.70. The summed E-state index contributed by atoms with van der Waals surface area (Å²) in [6.07, 6.45) is -3.61. The summed E-state index contributed by atoms with van der Waals surface area (Å²) in [6, 6.07) is 7.45. The molecule has 25 heavy (non-hydrogen) atoms. The predicted molar refractivity (Wildman–Crippen MR) is 91.8 cm³/mol. The van der Waals surface area contributed by atoms with Gasteiger partial charge in [0.15, 0.2) is 0 Å². The summed E-state index contributed by atoms with van der Waals surface area (Å²) >= 11 is 3.37. The van der Waals surface area contributed by atoms with Crippen molar-refractivity contribution in [1.82, 2.24) is 9.38 Å². The van der Waals surface area contributed by atoms with Gasteiger partial charge in [0.25, 0.3) is 5.91 Å². The second-order valence-electron chi connectivity index (χ2n) is 5.61. The molecular formula is C17H13BrF3N3O. The molecule has 0 radical (unpaired) electrons. The number of nitrogens with one attached hydrogen (secondary N) is 1. The lowest BCUT2D eigenvalue weighted by molar-refractivity contribution is -0.137. The number of rotatable bonds is 2. The van der Waals surface area contributed by atoms with Crippen molar-refractivity contribution in [2.24, 2.45) is 0 Å². The molecule has 0 atom stereocenters. The topological polar surface area (TPSA) is 46.4 Å². The fourth-order valence-corrected chi connectivity index (χ4v) is 2.76. The highest BCUT2D eigenvalue weighted by Gasteiger charge is 2.31. The van der Waals surface area contributed by atoms with Gasteiger partial charge in [-0.1, -0.05) is 15.9 Å². The summed E-state index contributed by atoms with van der Waals surface area (Å²) < 4.78 is 40.9. The highest BCUT2D eigenvalue weighted by molar-refractivity contribution is 9.10. The van der Waals surface area contributed by atoms with E-state index in [1.807, 2.05) is 6.92 Å². The first-order valence-corrected chi connectivity index (χ1v) is 8.09. The third-order valence-electron chi connectivity index (χ3n) is 3.75. The van der Waals surface area contributed by atoms with E-state index in [1.165, 1.54) is 10.5 Å². The lowest BCUT2D eigenvalue weighted by atomic mass is 10.2. The Kier molecular flexibility index (Phi) is 4.32. The Morgan fingerprint density at radius 2 is 1.92 bits per heavy atom. The van der Waals surface area contributed by atoms with Gasteiger partial charge in [-0.2, -0.15) is 13.2 Å². The molecule has 8 heteroatoms. The van der Waals surface area contributed by atoms with Crippen LogP contribution in [0.3, 0.4) is 0 Å². The standard InChI is InChI=1S/C17H13BrF3N3O/c1-9-7-12(4-5-13(9)18)23-16(25)15-10(2)22-14-6-3-11(8-24(14)15)17(19,20)21/h3-8H,1-2H3,(H,23,25). The highest BCUT2D eigenvalue weighted by Crippen LogP contribution is 2.30. The van der Waals surface area contributed by atoms with E-state index in [2.05, 4.69) is 26.2 Å². The molecule has 2 aromatic heterocycles. The minimum Gasteiger partial charge on any atom is -0.321 e. The van der Waals surface area contributed by atoms with Crippen molar-refractivity contribution in [3.05, 3.63) is 63.5 Å². The third-order valence-corrected chi connectivity index (χ3v) is 4.64. The van der Waals surface area contributed by atoms with Crippen LogP contribution in [-0.4, -0.2) is 15.3 Å². The number of benzene rings is 1. The minimum absolute atomic E-state index is 0.0710. The number of carbonyl (C=O) groups is 1. The van der Waals surface area contributed by atoms with Crippen molar-refractivity contribution in [1.29, 1.82) is 0 Å². The van der Waals surface area contributed by atoms with E-state index in [0.29, 0.717) is 11.4 Å². The Labute approximate surface area is 149 Å². The van der Waals surface area contributed by atoms with Gasteiger partial charge in [-0.25, -0.2) is 4.98 Å². The zero-order valence-corrected chi connectivity index (χ0v) is 14.9. The van der Waals surface area contributed by atoms with Gasteiger partial charge in [0.2, 0.25) is 0 Å². The molecule has 0 fully saturated rings. The Hall–Kier alpha value is -2.35. The van der Waals surface area contributed by atoms with Crippen LogP contribution >= 0.6 is 15.9 Å². The maximum atomic E-state index is 12.9. The number of hydrogen-bond donors (Lipinski definition) is 1. The van der Waals surface area contributed by atoms with E-state index in [0.717, 1.165) is 22.3 Å². The van der Waals surface area contributed by atoms with E-state index in [-0.39, 0.29) is 11.3 Å². The zero-order chi connectivity index (χ0) is 18.4. The number of pyridine rings is 1. The number of imidazole rings is 1. The molecule has 3 aromatic rings. The van der Waals surface area contributed by atoms with Crippen LogP contribution in [0.2, 0.25) is 0 Å². The predicted octanol–water partition coefficient (Wildman–Crippen LogP) is 4.98. The van der Waals surface area contributed by atoms with Crippen molar-refractivity contribution in [3.8, 4) is 0 Å². The summed E-state index contributed by atoms with van der Waals surface area (Å²) in [7, 11) is 0. The third kappa shape index (κ3) is 3.39. The fraction of sp³-hybridized carbons (Fsp3) is 0.176. The monoisotopic (exact) mass is 411 g/mol. The van der Waals surface area contributed by atoms with Crippen LogP contribution < -0.4 is 5.32 Å². The maximum Gasteiger partial charge on any atom is 0.417 e. The smallest absolute Gasteiger partial charge is 0.321 e. The SMILES string of the molecule is Cc1cc(NC(=O)c2c(C)nc3ccc(C(F)(F)F)cn23)ccc1Br. The Morgan fingerprint density at radius 1 is 1.20 bits per heavy atom. The largest absolute Gasteiger partial charge is 0.417 e. The van der Waals surface area contributed by atoms with E-state index >= 15 is 0 Å². The number of nitrogens with zero attached hydrogens (tertiary/aromatic N) is 2. The van der Waals surface area contributed by atoms with Crippen LogP contribution in [0.4, 0.5) is 18.9 Å². The lowest BCUT2D eigenvalue weighted by Crippen LogP contribution is -2.16. The number of hydrogen-bond acceptors (Lipinski definition) is 2. The van der Waals surface area contributed by atoms with Gasteiger partial charge in [0.05, 0.1) is 11.3 Å². The van der Waals surface area contributed by atoms with Gasteiger partial charge in [-0.3, -0.25) is 9.20 Å². The zero-order valence-electron chi connectivity index (χ0n) is 13.3. The second kappa shape index (κ2) is 6.18. The van der Waals surface area contributed by atoms with Gasteiger partial charge < -0.3 is 5.32 Å². The summed E-state index contributed by atoms with van der Waals surface area (Å²) in [4.78, 5) is 16.8. The van der Waals surface area contributed by atoms with Gasteiger partial charge in [-0.15, -0.1) is 0 Å². The number of fused-ring (bicyclic) bond motifs is 1. The van der Waals surface area contributed by atoms with Crippen molar-refractivity contribution in [2.75, 3.05) is 5.32 Å². The quantitative estimate of drug-likeness (QED) is 0.645. The molecule has 3 rings (SSSR count). The molecule has 0 aliphatic carbocycles. The number of amides is 1. The molecule has 2 heterocycles. The molecule has 1 aromatic carbocycles. The maximum absolute atomic E-state index is 12.9. The van der Waals surface area contributed by atoms with Crippen molar-refractivity contribution < 1.29 is 18.0 Å². The molecule has 130 valence electrons. The van der Waals surface area contributed by atoms with Gasteiger partial charge in [0, 0.05) is 16.4 Å². The molecule has 0 aliphatic rings. The summed E-state index contributed by atoms with van der Waals surface area (Å²) in [5.74, 6) is -0.522. The minimum atomic E-state index is -4.50. The molecule has 0 saturated carbocycles. The van der Waals surface area contributed by atoms with E-state index in [4.69, 9.17) is 0 Å². The van der Waals surface area contributed by atoms with E-state index < -0.39 is 17.6 Å². The molecule has 0 unspecified atom stereocenters. The molecule has 4 nitrogen and oxygen atoms in total. The van der Waals surface area contributed by atoms with Crippen LogP contribution in [-0.2, 0) is 6.18 Å². The second-order valence-corrected chi connectivity index (χ2v) is 6.46. The molecule has 1 N–H and O–H groups in total. The van der Waals surface area contributed by atoms with Crippen LogP contribution in [0.25, 0.3) is 5.65 Å². The van der Waals surface area contributed by atoms with Crippen LogP contribution in [0, 0.1) is 13.8 Å². The average molecular weight is 412 g/mol. The average Bonchev–Trinajstić information content (AvgIpc) is 2.85. The number of alkyl halides is 3. The highest BCUT2D eigenvalue weighted by atomic mass is 79.9. The first-order valence-electron chi connectivity index (χ1n) is 7.30. The Morgan fingerprint density at radius 3 is 2.56 bits per heavy atom. The molecule has 0 spiro atoms. The molecule has 0 saturated heterocycles. The number of carbonyl (C=O) groups excluding carboxylic acids is 1. The van der Waals surface area contributed by atoms with Crippen molar-refractivity contribution in [2.45, 2.75) is 20.0 Å². The number of aromatic nitrogens is 2. The lowest BCUT2D eigenvalue weighted by Gasteiger charge is -2.10. The van der Waals surface area contributed by atoms with Gasteiger partial charge >= 0.3 is 6.18 Å². The van der Waals surface area contributed by atoms with Crippen LogP contribution in [0.5, 0.6) is 0 Å². The summed E-state index contributed by atoms with van der Waals surface area (Å²) in [6.45, 7) is 3.46. The number of aryl methyl sites for hydroxylation is 2. The van der Waals surface area contributed by atoms with E-state index in [9.17, 15) is 18.0 Å². The number of halogens is 4. The van der Waals surface area contributed by atoms with Crippen molar-refractivity contribution in [3.63, 3.8) is 0 Å². The van der Waals surface area contributed by atoms with Gasteiger partial charge in [0.1, 0.15) is 11.3 Å².